The number of rotatable bonds is 2. The first kappa shape index (κ1) is 16.3. The van der Waals surface area contributed by atoms with Crippen molar-refractivity contribution >= 4 is 35.0 Å². The van der Waals surface area contributed by atoms with Gasteiger partial charge < -0.3 is 31.9 Å². The van der Waals surface area contributed by atoms with Crippen LogP contribution in [0.4, 0.5) is 11.4 Å². The lowest BCUT2D eigenvalue weighted by atomic mass is 10.0. The Hall–Kier alpha value is -4.60. The maximum Gasteiger partial charge on any atom is 0.255 e. The van der Waals surface area contributed by atoms with E-state index in [2.05, 4.69) is 23.8 Å². The van der Waals surface area contributed by atoms with Gasteiger partial charge in [-0.05, 0) is 49.8 Å². The molecule has 4 aliphatic heterocycles. The first-order valence-corrected chi connectivity index (χ1v) is 11.5. The van der Waals surface area contributed by atoms with Crippen molar-refractivity contribution in [2.75, 3.05) is 11.5 Å². The van der Waals surface area contributed by atoms with Crippen LogP contribution >= 0.6 is 0 Å². The van der Waals surface area contributed by atoms with Gasteiger partial charge in [-0.25, -0.2) is 0 Å². The molecule has 2 fully saturated rings. The molecule has 2 atom stereocenters. The second kappa shape index (κ2) is 9.70. The van der Waals surface area contributed by atoms with Crippen LogP contribution < -0.4 is 22.1 Å². The highest BCUT2D eigenvalue weighted by Crippen LogP contribution is 2.32. The number of fused-ring (bicyclic) bond motifs is 2. The highest BCUT2D eigenvalue weighted by molar-refractivity contribution is 6.03. The Bertz CT molecular complexity index is 1840. The SMILES string of the molecule is [2H]C1([2H])CC(=C)NC(=O)C1([2H])N1Cc2c(N)cccc2C1=O.[2H]c1c([2H])c(N)c2c(c1[2H])C(=O)N(C1([2H])C(=O)NC(=C)CC1([2H])[2H])C2. The number of allylic oxidation sites excluding steroid dienone is 2. The molecule has 0 bridgehead atoms. The number of benzene rings is 2. The highest BCUT2D eigenvalue weighted by atomic mass is 16.2. The Morgan fingerprint density at radius 2 is 1.37 bits per heavy atom. The van der Waals surface area contributed by atoms with Gasteiger partial charge in [0.05, 0.1) is 6.85 Å². The van der Waals surface area contributed by atoms with Crippen molar-refractivity contribution in [1.29, 1.82) is 0 Å². The molecule has 4 heterocycles. The quantitative estimate of drug-likeness (QED) is 0.442. The van der Waals surface area contributed by atoms with Gasteiger partial charge >= 0.3 is 0 Å². The summed E-state index contributed by atoms with van der Waals surface area (Å²) in [6.07, 6.45) is -5.25. The number of anilines is 2. The van der Waals surface area contributed by atoms with Crippen LogP contribution in [0.15, 0.2) is 60.9 Å². The zero-order valence-corrected chi connectivity index (χ0v) is 20.2. The van der Waals surface area contributed by atoms with Gasteiger partial charge in [-0.2, -0.15) is 0 Å². The number of nitrogens with one attached hydrogen (secondary N) is 2. The van der Waals surface area contributed by atoms with Crippen molar-refractivity contribution in [3.8, 4) is 0 Å². The van der Waals surface area contributed by atoms with Crippen molar-refractivity contribution in [2.45, 2.75) is 50.7 Å². The molecule has 0 aromatic heterocycles. The van der Waals surface area contributed by atoms with Gasteiger partial charge in [0.15, 0.2) is 0 Å². The van der Waals surface area contributed by atoms with Crippen LogP contribution in [0, 0.1) is 0 Å². The van der Waals surface area contributed by atoms with Crippen LogP contribution in [-0.2, 0) is 22.7 Å². The third-order valence-corrected chi connectivity index (χ3v) is 6.28. The Labute approximate surface area is 233 Å². The highest BCUT2D eigenvalue weighted by Gasteiger charge is 2.39. The molecule has 2 unspecified atom stereocenters. The molecule has 0 radical (unpaired) electrons. The number of nitrogens with two attached hydrogens (primary N) is 2. The Morgan fingerprint density at radius 3 is 1.89 bits per heavy atom. The zero-order chi connectivity index (χ0) is 35.2. The Balaban J connectivity index is 0.000000186. The summed E-state index contributed by atoms with van der Waals surface area (Å²) in [6, 6.07) is -1.62. The van der Waals surface area contributed by atoms with Crippen molar-refractivity contribution in [3.63, 3.8) is 0 Å². The van der Waals surface area contributed by atoms with E-state index in [-0.39, 0.29) is 54.1 Å². The molecular weight excluding hydrogens is 484 g/mol. The van der Waals surface area contributed by atoms with E-state index in [1.807, 2.05) is 0 Å². The predicted octanol–water partition coefficient (Wildman–Crippen LogP) is 2.03. The summed E-state index contributed by atoms with van der Waals surface area (Å²) in [4.78, 5) is 51.6. The number of hydrogen-bond acceptors (Lipinski definition) is 6. The smallest absolute Gasteiger partial charge is 0.255 e. The number of amides is 4. The van der Waals surface area contributed by atoms with Crippen molar-refractivity contribution < 1.29 is 31.5 Å². The fraction of sp³-hybridized carbons (Fsp3) is 0.286. The fourth-order valence-corrected chi connectivity index (χ4v) is 4.38. The van der Waals surface area contributed by atoms with Crippen LogP contribution in [0.1, 0.15) is 69.8 Å². The lowest BCUT2D eigenvalue weighted by molar-refractivity contribution is -0.127. The minimum absolute atomic E-state index is 0.0654. The van der Waals surface area contributed by atoms with Crippen molar-refractivity contribution in [3.05, 3.63) is 83.1 Å². The average molecular weight is 524 g/mol. The molecule has 2 aromatic carbocycles. The molecule has 4 aliphatic rings. The second-order valence-corrected chi connectivity index (χ2v) is 8.82. The molecule has 2 aromatic rings. The van der Waals surface area contributed by atoms with E-state index in [9.17, 15) is 19.2 Å². The minimum Gasteiger partial charge on any atom is -0.398 e. The van der Waals surface area contributed by atoms with E-state index in [4.69, 9.17) is 23.8 Å². The molecular formula is C28H30N6O4. The molecule has 10 nitrogen and oxygen atoms in total. The fourth-order valence-electron chi connectivity index (χ4n) is 4.38. The number of piperidine rings is 2. The number of nitrogen functional groups attached to an aromatic ring is 2. The van der Waals surface area contributed by atoms with Crippen LogP contribution in [0.5, 0.6) is 0 Å². The Morgan fingerprint density at radius 1 is 0.842 bits per heavy atom. The van der Waals surface area contributed by atoms with E-state index in [1.165, 1.54) is 0 Å². The number of carbonyl (C=O) groups excluding carboxylic acids is 4. The molecule has 0 aliphatic carbocycles. The monoisotopic (exact) mass is 523 g/mol. The number of hydrogen-bond donors (Lipinski definition) is 4. The molecule has 4 amide bonds. The lowest BCUT2D eigenvalue weighted by Crippen LogP contribution is -2.49. The Kier molecular flexibility index (Phi) is 4.16. The topological polar surface area (TPSA) is 151 Å². The first-order chi connectivity index (χ1) is 21.6. The van der Waals surface area contributed by atoms with E-state index < -0.39 is 66.5 Å². The summed E-state index contributed by atoms with van der Waals surface area (Å²) in [6.45, 7) is 6.60. The molecule has 6 rings (SSSR count). The van der Waals surface area contributed by atoms with Gasteiger partial charge in [-0.15, -0.1) is 0 Å². The van der Waals surface area contributed by atoms with Crippen LogP contribution in [0.2, 0.25) is 0 Å². The molecule has 38 heavy (non-hydrogen) atoms. The molecule has 10 heteroatoms. The third-order valence-electron chi connectivity index (χ3n) is 6.28. The minimum atomic E-state index is -2.59. The summed E-state index contributed by atoms with van der Waals surface area (Å²) in [5.41, 5.74) is 12.8. The van der Waals surface area contributed by atoms with Gasteiger partial charge in [-0.3, -0.25) is 19.2 Å². The van der Waals surface area contributed by atoms with E-state index in [0.29, 0.717) is 21.7 Å². The van der Waals surface area contributed by atoms with Gasteiger partial charge in [-0.1, -0.05) is 25.3 Å². The van der Waals surface area contributed by atoms with Gasteiger partial charge in [0, 0.05) is 63.6 Å². The molecule has 0 saturated carbocycles. The van der Waals surface area contributed by atoms with Gasteiger partial charge in [0.25, 0.3) is 11.8 Å². The largest absolute Gasteiger partial charge is 0.398 e. The van der Waals surface area contributed by atoms with E-state index in [0.717, 1.165) is 4.90 Å². The molecule has 0 spiro atoms. The molecule has 196 valence electrons. The van der Waals surface area contributed by atoms with Gasteiger partial charge in [0.1, 0.15) is 12.0 Å². The predicted molar refractivity (Wildman–Crippen MR) is 142 cm³/mol. The van der Waals surface area contributed by atoms with Gasteiger partial charge in [0.2, 0.25) is 11.8 Å². The second-order valence-electron chi connectivity index (χ2n) is 8.82. The zero-order valence-electron chi connectivity index (χ0n) is 29.2. The summed E-state index contributed by atoms with van der Waals surface area (Å²) >= 11 is 0. The van der Waals surface area contributed by atoms with E-state index >= 15 is 0 Å². The maximum atomic E-state index is 12.8. The maximum absolute atomic E-state index is 12.8. The van der Waals surface area contributed by atoms with Crippen LogP contribution in [-0.4, -0.2) is 45.5 Å². The molecule has 6 N–H and O–H groups in total. The normalized spacial score (nSPS) is 32.4. The van der Waals surface area contributed by atoms with Crippen molar-refractivity contribution in [2.24, 2.45) is 0 Å². The first-order valence-electron chi connectivity index (χ1n) is 16.0. The number of carbonyl (C=O) groups is 4. The molecule has 2 saturated heterocycles. The van der Waals surface area contributed by atoms with Crippen molar-refractivity contribution in [1.82, 2.24) is 20.4 Å². The summed E-state index contributed by atoms with van der Waals surface area (Å²) in [5.74, 6) is -3.43. The lowest BCUT2D eigenvalue weighted by Gasteiger charge is -2.30. The number of nitrogens with zero attached hydrogens (tertiary/aromatic N) is 2. The third kappa shape index (κ3) is 4.38. The van der Waals surface area contributed by atoms with Crippen LogP contribution in [0.3, 0.4) is 0 Å². The van der Waals surface area contributed by atoms with E-state index in [1.54, 1.807) is 18.2 Å². The standard InChI is InChI=1S/2C14H15N3O2/c2*1-8-5-6-12(13(18)16-8)17-7-10-9(14(17)19)3-2-4-11(10)15/h2*2-4,12H,1,5-7,15H2,(H,16,18)/i2D,3D,4D,6D2,12D;6D2,12D. The van der Waals surface area contributed by atoms with Crippen LogP contribution in [0.25, 0.3) is 0 Å². The summed E-state index contributed by atoms with van der Waals surface area (Å²) in [5, 5.41) is 4.67. The summed E-state index contributed by atoms with van der Waals surface area (Å²) in [7, 11) is 0. The summed E-state index contributed by atoms with van der Waals surface area (Å²) < 4.78 is 72.6. The average Bonchev–Trinajstić information content (AvgIpc) is 3.50.